The lowest BCUT2D eigenvalue weighted by Crippen LogP contribution is -2.42. The highest BCUT2D eigenvalue weighted by molar-refractivity contribution is 5.83. The molecule has 4 unspecified atom stereocenters. The fraction of sp³-hybridized carbons (Fsp3) is 0.500. The Morgan fingerprint density at radius 3 is 2.84 bits per heavy atom. The second kappa shape index (κ2) is 6.64. The van der Waals surface area contributed by atoms with Gasteiger partial charge in [-0.2, -0.15) is 0 Å². The molecular formula is C20H25N3O2. The highest BCUT2D eigenvalue weighted by Gasteiger charge is 2.46. The molecule has 1 saturated heterocycles. The van der Waals surface area contributed by atoms with Gasteiger partial charge in [-0.15, -0.1) is 0 Å². The van der Waals surface area contributed by atoms with Crippen LogP contribution < -0.4 is 0 Å². The molecule has 1 aromatic carbocycles. The van der Waals surface area contributed by atoms with Crippen molar-refractivity contribution in [1.82, 2.24) is 14.5 Å². The van der Waals surface area contributed by atoms with E-state index in [4.69, 9.17) is 0 Å². The van der Waals surface area contributed by atoms with Crippen LogP contribution in [0, 0.1) is 11.8 Å². The largest absolute Gasteiger partial charge is 0.385 e. The zero-order valence-corrected chi connectivity index (χ0v) is 14.6. The van der Waals surface area contributed by atoms with Crippen LogP contribution >= 0.6 is 0 Å². The number of imidazole rings is 1. The number of aliphatic hydroxyl groups excluding tert-OH is 1. The number of aromatic nitrogens is 2. The third kappa shape index (κ3) is 3.21. The summed E-state index contributed by atoms with van der Waals surface area (Å²) in [5, 5.41) is 10.7. The number of benzene rings is 1. The van der Waals surface area contributed by atoms with Crippen molar-refractivity contribution in [3.05, 3.63) is 54.1 Å². The molecule has 4 atom stereocenters. The smallest absolute Gasteiger partial charge is 0.226 e. The molecule has 1 saturated carbocycles. The van der Waals surface area contributed by atoms with E-state index in [0.29, 0.717) is 18.3 Å². The lowest BCUT2D eigenvalue weighted by molar-refractivity contribution is -0.135. The average molecular weight is 339 g/mol. The normalized spacial score (nSPS) is 27.1. The highest BCUT2D eigenvalue weighted by Crippen LogP contribution is 2.48. The lowest BCUT2D eigenvalue weighted by Gasteiger charge is -2.35. The van der Waals surface area contributed by atoms with E-state index in [1.54, 1.807) is 6.20 Å². The molecule has 2 aromatic rings. The van der Waals surface area contributed by atoms with Crippen LogP contribution in [0.15, 0.2) is 42.7 Å². The number of hydrogen-bond acceptors (Lipinski definition) is 3. The summed E-state index contributed by atoms with van der Waals surface area (Å²) in [6.07, 6.45) is 5.77. The SMILES string of the molecule is Cn1ccnc1C(O)C1CCCN(C(=O)C2CC2c2ccccc2)C1. The van der Waals surface area contributed by atoms with Crippen LogP contribution in [0.4, 0.5) is 0 Å². The summed E-state index contributed by atoms with van der Waals surface area (Å²) in [5.74, 6) is 1.49. The maximum absolute atomic E-state index is 12.9. The minimum absolute atomic E-state index is 0.0627. The Labute approximate surface area is 148 Å². The third-order valence-corrected chi connectivity index (χ3v) is 5.67. The van der Waals surface area contributed by atoms with Crippen LogP contribution in [0.2, 0.25) is 0 Å². The lowest BCUT2D eigenvalue weighted by atomic mass is 9.91. The minimum Gasteiger partial charge on any atom is -0.385 e. The molecule has 132 valence electrons. The number of hydrogen-bond donors (Lipinski definition) is 1. The molecule has 0 spiro atoms. The molecule has 5 heteroatoms. The van der Waals surface area contributed by atoms with E-state index in [1.165, 1.54) is 5.56 Å². The molecule has 0 radical (unpaired) electrons. The molecule has 1 N–H and O–H groups in total. The molecule has 2 heterocycles. The molecule has 1 aliphatic heterocycles. The standard InChI is InChI=1S/C20H25N3O2/c1-22-11-9-21-19(22)18(24)15-8-5-10-23(13-15)20(25)17-12-16(17)14-6-3-2-4-7-14/h2-4,6-7,9,11,15-18,24H,5,8,10,12-13H2,1H3. The van der Waals surface area contributed by atoms with Gasteiger partial charge in [-0.25, -0.2) is 4.98 Å². The first-order valence-electron chi connectivity index (χ1n) is 9.14. The first-order chi connectivity index (χ1) is 12.1. The van der Waals surface area contributed by atoms with E-state index in [-0.39, 0.29) is 17.7 Å². The number of likely N-dealkylation sites (tertiary alicyclic amines) is 1. The Hall–Kier alpha value is -2.14. The van der Waals surface area contributed by atoms with Crippen LogP contribution in [-0.2, 0) is 11.8 Å². The van der Waals surface area contributed by atoms with Gasteiger partial charge in [0, 0.05) is 44.4 Å². The van der Waals surface area contributed by atoms with Crippen LogP contribution in [0.25, 0.3) is 0 Å². The van der Waals surface area contributed by atoms with Crippen molar-refractivity contribution in [2.75, 3.05) is 13.1 Å². The van der Waals surface area contributed by atoms with E-state index in [0.717, 1.165) is 25.8 Å². The Kier molecular flexibility index (Phi) is 4.34. The monoisotopic (exact) mass is 339 g/mol. The average Bonchev–Trinajstić information content (AvgIpc) is 3.35. The second-order valence-electron chi connectivity index (χ2n) is 7.39. The minimum atomic E-state index is -0.611. The summed E-state index contributed by atoms with van der Waals surface area (Å²) in [6.45, 7) is 1.44. The molecule has 2 fully saturated rings. The Morgan fingerprint density at radius 1 is 1.32 bits per heavy atom. The molecular weight excluding hydrogens is 314 g/mol. The predicted molar refractivity (Wildman–Crippen MR) is 94.8 cm³/mol. The molecule has 25 heavy (non-hydrogen) atoms. The van der Waals surface area contributed by atoms with Crippen LogP contribution in [0.1, 0.15) is 42.7 Å². The number of aryl methyl sites for hydroxylation is 1. The van der Waals surface area contributed by atoms with Gasteiger partial charge in [0.05, 0.1) is 0 Å². The fourth-order valence-corrected chi connectivity index (χ4v) is 4.11. The van der Waals surface area contributed by atoms with Crippen molar-refractivity contribution in [3.63, 3.8) is 0 Å². The third-order valence-electron chi connectivity index (χ3n) is 5.67. The number of rotatable bonds is 4. The number of piperidine rings is 1. The first kappa shape index (κ1) is 16.3. The second-order valence-corrected chi connectivity index (χ2v) is 7.39. The van der Waals surface area contributed by atoms with Crippen molar-refractivity contribution in [2.45, 2.75) is 31.3 Å². The maximum atomic E-state index is 12.9. The Balaban J connectivity index is 1.40. The predicted octanol–water partition coefficient (Wildman–Crippen LogP) is 2.50. The molecule has 1 amide bonds. The van der Waals surface area contributed by atoms with Crippen molar-refractivity contribution >= 4 is 5.91 Å². The zero-order valence-electron chi connectivity index (χ0n) is 14.6. The number of amides is 1. The topological polar surface area (TPSA) is 58.4 Å². The highest BCUT2D eigenvalue weighted by atomic mass is 16.3. The summed E-state index contributed by atoms with van der Waals surface area (Å²) in [7, 11) is 1.89. The van der Waals surface area contributed by atoms with E-state index in [1.807, 2.05) is 40.9 Å². The summed E-state index contributed by atoms with van der Waals surface area (Å²) in [5.41, 5.74) is 1.27. The summed E-state index contributed by atoms with van der Waals surface area (Å²) in [6, 6.07) is 10.3. The van der Waals surface area contributed by atoms with Gasteiger partial charge >= 0.3 is 0 Å². The molecule has 1 aliphatic carbocycles. The first-order valence-corrected chi connectivity index (χ1v) is 9.14. The van der Waals surface area contributed by atoms with Crippen LogP contribution in [0.3, 0.4) is 0 Å². The maximum Gasteiger partial charge on any atom is 0.226 e. The number of aliphatic hydroxyl groups is 1. The van der Waals surface area contributed by atoms with Gasteiger partial charge in [0.1, 0.15) is 11.9 Å². The fourth-order valence-electron chi connectivity index (χ4n) is 4.11. The zero-order chi connectivity index (χ0) is 17.4. The molecule has 5 nitrogen and oxygen atoms in total. The van der Waals surface area contributed by atoms with Gasteiger partial charge in [-0.1, -0.05) is 30.3 Å². The van der Waals surface area contributed by atoms with Crippen molar-refractivity contribution < 1.29 is 9.90 Å². The van der Waals surface area contributed by atoms with Gasteiger partial charge < -0.3 is 14.6 Å². The van der Waals surface area contributed by atoms with E-state index in [9.17, 15) is 9.90 Å². The van der Waals surface area contributed by atoms with E-state index in [2.05, 4.69) is 17.1 Å². The van der Waals surface area contributed by atoms with Gasteiger partial charge in [0.15, 0.2) is 0 Å². The molecule has 1 aromatic heterocycles. The summed E-state index contributed by atoms with van der Waals surface area (Å²) in [4.78, 5) is 19.1. The van der Waals surface area contributed by atoms with Gasteiger partial charge in [-0.3, -0.25) is 4.79 Å². The van der Waals surface area contributed by atoms with E-state index < -0.39 is 6.10 Å². The van der Waals surface area contributed by atoms with Gasteiger partial charge in [0.2, 0.25) is 5.91 Å². The number of carbonyl (C=O) groups excluding carboxylic acids is 1. The van der Waals surface area contributed by atoms with Crippen LogP contribution in [-0.4, -0.2) is 38.6 Å². The van der Waals surface area contributed by atoms with Crippen LogP contribution in [0.5, 0.6) is 0 Å². The van der Waals surface area contributed by atoms with Crippen molar-refractivity contribution in [3.8, 4) is 0 Å². The Bertz CT molecular complexity index is 742. The van der Waals surface area contributed by atoms with Crippen molar-refractivity contribution in [1.29, 1.82) is 0 Å². The Morgan fingerprint density at radius 2 is 2.12 bits per heavy atom. The molecule has 0 bridgehead atoms. The van der Waals surface area contributed by atoms with Gasteiger partial charge in [-0.05, 0) is 30.7 Å². The number of carbonyl (C=O) groups is 1. The van der Waals surface area contributed by atoms with E-state index >= 15 is 0 Å². The van der Waals surface area contributed by atoms with Crippen molar-refractivity contribution in [2.24, 2.45) is 18.9 Å². The summed E-state index contributed by atoms with van der Waals surface area (Å²) < 4.78 is 1.86. The quantitative estimate of drug-likeness (QED) is 0.931. The number of nitrogens with zero attached hydrogens (tertiary/aromatic N) is 3. The van der Waals surface area contributed by atoms with Gasteiger partial charge in [0.25, 0.3) is 0 Å². The molecule has 4 rings (SSSR count). The molecule has 2 aliphatic rings. The summed E-state index contributed by atoms with van der Waals surface area (Å²) >= 11 is 0.